The minimum Gasteiger partial charge on any atom is -0.494 e. The highest BCUT2D eigenvalue weighted by molar-refractivity contribution is 5.27. The molecule has 0 bridgehead atoms. The van der Waals surface area contributed by atoms with Crippen LogP contribution in [0.3, 0.4) is 0 Å². The van der Waals surface area contributed by atoms with Crippen LogP contribution in [-0.2, 0) is 6.42 Å². The highest BCUT2D eigenvalue weighted by Crippen LogP contribution is 2.14. The lowest BCUT2D eigenvalue weighted by Crippen LogP contribution is -2.29. The lowest BCUT2D eigenvalue weighted by molar-refractivity contribution is 0.289. The molecule has 0 aliphatic carbocycles. The Balaban J connectivity index is 1.60. The molecule has 130 valence electrons. The molecule has 1 saturated heterocycles. The maximum absolute atomic E-state index is 5.81. The van der Waals surface area contributed by atoms with Gasteiger partial charge in [-0.05, 0) is 63.0 Å². The first-order valence-electron chi connectivity index (χ1n) is 9.53. The van der Waals surface area contributed by atoms with Crippen LogP contribution in [0.5, 0.6) is 5.75 Å². The van der Waals surface area contributed by atoms with Crippen LogP contribution in [0, 0.1) is 0 Å². The van der Waals surface area contributed by atoms with Gasteiger partial charge in [0, 0.05) is 13.1 Å². The molecule has 3 nitrogen and oxygen atoms in total. The van der Waals surface area contributed by atoms with Crippen LogP contribution in [0.1, 0.15) is 51.0 Å². The molecule has 1 aromatic rings. The van der Waals surface area contributed by atoms with Crippen molar-refractivity contribution in [3.8, 4) is 5.75 Å². The fourth-order valence-electron chi connectivity index (χ4n) is 3.10. The van der Waals surface area contributed by atoms with Crippen molar-refractivity contribution in [1.82, 2.24) is 10.2 Å². The lowest BCUT2D eigenvalue weighted by atomic mass is 10.1. The van der Waals surface area contributed by atoms with E-state index in [2.05, 4.69) is 41.4 Å². The van der Waals surface area contributed by atoms with E-state index in [0.29, 0.717) is 0 Å². The molecule has 3 heteroatoms. The molecule has 1 heterocycles. The van der Waals surface area contributed by atoms with E-state index in [1.54, 1.807) is 0 Å². The molecule has 1 aromatic carbocycles. The van der Waals surface area contributed by atoms with Crippen molar-refractivity contribution in [2.45, 2.75) is 51.9 Å². The molecule has 1 aliphatic rings. The van der Waals surface area contributed by atoms with Crippen LogP contribution in [0.2, 0.25) is 0 Å². The summed E-state index contributed by atoms with van der Waals surface area (Å²) in [5.74, 6) is 1.02. The second-order valence-electron chi connectivity index (χ2n) is 6.60. The molecule has 0 spiro atoms. The first-order valence-corrected chi connectivity index (χ1v) is 9.53. The minimum atomic E-state index is 0.850. The smallest absolute Gasteiger partial charge is 0.119 e. The predicted molar refractivity (Wildman–Crippen MR) is 98.3 cm³/mol. The second-order valence-corrected chi connectivity index (χ2v) is 6.60. The van der Waals surface area contributed by atoms with Gasteiger partial charge in [-0.3, -0.25) is 0 Å². The molecule has 23 heavy (non-hydrogen) atoms. The molecule has 0 radical (unpaired) electrons. The van der Waals surface area contributed by atoms with E-state index in [4.69, 9.17) is 4.74 Å². The molecule has 0 unspecified atom stereocenters. The van der Waals surface area contributed by atoms with E-state index in [1.165, 1.54) is 76.7 Å². The number of ether oxygens (including phenoxy) is 1. The molecule has 1 N–H and O–H groups in total. The summed E-state index contributed by atoms with van der Waals surface area (Å²) >= 11 is 0. The molecular weight excluding hydrogens is 284 g/mol. The Morgan fingerprint density at radius 3 is 2.70 bits per heavy atom. The van der Waals surface area contributed by atoms with Gasteiger partial charge in [0.2, 0.25) is 0 Å². The Bertz CT molecular complexity index is 397. The zero-order valence-electron chi connectivity index (χ0n) is 14.9. The molecule has 0 saturated carbocycles. The Kier molecular flexibility index (Phi) is 9.12. The summed E-state index contributed by atoms with van der Waals surface area (Å²) in [5.41, 5.74) is 1.43. The SMILES string of the molecule is CCCCCCOc1ccc(CCCN2CCCNCC2)cc1. The van der Waals surface area contributed by atoms with Crippen LogP contribution in [-0.4, -0.2) is 44.2 Å². The number of nitrogens with one attached hydrogen (secondary N) is 1. The van der Waals surface area contributed by atoms with Crippen LogP contribution < -0.4 is 10.1 Å². The monoisotopic (exact) mass is 318 g/mol. The van der Waals surface area contributed by atoms with Gasteiger partial charge in [-0.15, -0.1) is 0 Å². The number of aryl methyl sites for hydroxylation is 1. The van der Waals surface area contributed by atoms with Gasteiger partial charge in [0.25, 0.3) is 0 Å². The van der Waals surface area contributed by atoms with Crippen molar-refractivity contribution in [1.29, 1.82) is 0 Å². The third-order valence-corrected chi connectivity index (χ3v) is 4.56. The standard InChI is InChI=1S/C20H34N2O/c1-2-3-4-5-18-23-20-11-9-19(10-12-20)8-6-15-22-16-7-13-21-14-17-22/h9-12,21H,2-8,13-18H2,1H3. The van der Waals surface area contributed by atoms with Gasteiger partial charge in [-0.1, -0.05) is 38.3 Å². The predicted octanol–water partition coefficient (Wildman–Crippen LogP) is 3.87. The third-order valence-electron chi connectivity index (χ3n) is 4.56. The first-order chi connectivity index (χ1) is 11.4. The molecule has 0 aromatic heterocycles. The summed E-state index contributed by atoms with van der Waals surface area (Å²) in [7, 11) is 0. The van der Waals surface area contributed by atoms with Crippen LogP contribution in [0.25, 0.3) is 0 Å². The normalized spacial score (nSPS) is 16.2. The fraction of sp³-hybridized carbons (Fsp3) is 0.700. The zero-order chi connectivity index (χ0) is 16.2. The first kappa shape index (κ1) is 18.3. The fourth-order valence-corrected chi connectivity index (χ4v) is 3.10. The molecule has 2 rings (SSSR count). The van der Waals surface area contributed by atoms with E-state index >= 15 is 0 Å². The van der Waals surface area contributed by atoms with Gasteiger partial charge in [-0.2, -0.15) is 0 Å². The van der Waals surface area contributed by atoms with E-state index in [9.17, 15) is 0 Å². The summed E-state index contributed by atoms with van der Waals surface area (Å²) in [6, 6.07) is 8.72. The van der Waals surface area contributed by atoms with E-state index < -0.39 is 0 Å². The van der Waals surface area contributed by atoms with E-state index in [1.807, 2.05) is 0 Å². The summed E-state index contributed by atoms with van der Waals surface area (Å²) in [6.45, 7) is 9.08. The minimum absolute atomic E-state index is 0.850. The number of hydrogen-bond donors (Lipinski definition) is 1. The highest BCUT2D eigenvalue weighted by Gasteiger charge is 2.07. The van der Waals surface area contributed by atoms with Gasteiger partial charge in [0.1, 0.15) is 5.75 Å². The van der Waals surface area contributed by atoms with Gasteiger partial charge in [-0.25, -0.2) is 0 Å². The number of unbranched alkanes of at least 4 members (excludes halogenated alkanes) is 3. The summed E-state index contributed by atoms with van der Waals surface area (Å²) in [6.07, 6.45) is 8.74. The average molecular weight is 319 g/mol. The van der Waals surface area contributed by atoms with E-state index in [0.717, 1.165) is 18.9 Å². The summed E-state index contributed by atoms with van der Waals surface area (Å²) < 4.78 is 5.81. The van der Waals surface area contributed by atoms with Crippen molar-refractivity contribution >= 4 is 0 Å². The quantitative estimate of drug-likeness (QED) is 0.663. The van der Waals surface area contributed by atoms with Crippen molar-refractivity contribution in [2.75, 3.05) is 39.3 Å². The van der Waals surface area contributed by atoms with Gasteiger partial charge < -0.3 is 15.0 Å². The number of hydrogen-bond acceptors (Lipinski definition) is 3. The topological polar surface area (TPSA) is 24.5 Å². The molecular formula is C20H34N2O. The molecule has 1 aliphatic heterocycles. The van der Waals surface area contributed by atoms with Crippen molar-refractivity contribution in [2.24, 2.45) is 0 Å². The second kappa shape index (κ2) is 11.5. The Hall–Kier alpha value is -1.06. The van der Waals surface area contributed by atoms with Crippen molar-refractivity contribution in [3.63, 3.8) is 0 Å². The summed E-state index contributed by atoms with van der Waals surface area (Å²) in [5, 5.41) is 3.46. The molecule has 0 amide bonds. The molecule has 0 atom stereocenters. The third kappa shape index (κ3) is 7.85. The van der Waals surface area contributed by atoms with Gasteiger partial charge in [0.05, 0.1) is 6.61 Å². The Morgan fingerprint density at radius 1 is 1.00 bits per heavy atom. The van der Waals surface area contributed by atoms with Gasteiger partial charge in [0.15, 0.2) is 0 Å². The maximum atomic E-state index is 5.81. The largest absolute Gasteiger partial charge is 0.494 e. The van der Waals surface area contributed by atoms with Gasteiger partial charge >= 0.3 is 0 Å². The zero-order valence-corrected chi connectivity index (χ0v) is 14.9. The lowest BCUT2D eigenvalue weighted by Gasteiger charge is -2.19. The maximum Gasteiger partial charge on any atom is 0.119 e. The summed E-state index contributed by atoms with van der Waals surface area (Å²) in [4.78, 5) is 2.59. The van der Waals surface area contributed by atoms with E-state index in [-0.39, 0.29) is 0 Å². The number of benzene rings is 1. The molecule has 1 fully saturated rings. The van der Waals surface area contributed by atoms with Crippen LogP contribution in [0.4, 0.5) is 0 Å². The van der Waals surface area contributed by atoms with Crippen molar-refractivity contribution < 1.29 is 4.74 Å². The Labute approximate surface area is 142 Å². The highest BCUT2D eigenvalue weighted by atomic mass is 16.5. The average Bonchev–Trinajstić information content (AvgIpc) is 2.85. The Morgan fingerprint density at radius 2 is 1.87 bits per heavy atom. The number of rotatable bonds is 10. The van der Waals surface area contributed by atoms with Crippen molar-refractivity contribution in [3.05, 3.63) is 29.8 Å². The number of nitrogens with zero attached hydrogens (tertiary/aromatic N) is 1. The van der Waals surface area contributed by atoms with Crippen LogP contribution >= 0.6 is 0 Å². The van der Waals surface area contributed by atoms with Crippen LogP contribution in [0.15, 0.2) is 24.3 Å².